The SMILES string of the molecule is CCCCC(C(=O)OCC)N1C(=O)OC[C@H]1Cc1ccc(OCc2ccccc2)cc1. The molecular weight excluding hydrogens is 394 g/mol. The average molecular weight is 426 g/mol. The summed E-state index contributed by atoms with van der Waals surface area (Å²) in [5, 5.41) is 0. The van der Waals surface area contributed by atoms with Crippen molar-refractivity contribution in [2.24, 2.45) is 0 Å². The van der Waals surface area contributed by atoms with Crippen LogP contribution in [-0.4, -0.2) is 42.3 Å². The van der Waals surface area contributed by atoms with E-state index in [0.717, 1.165) is 29.7 Å². The Morgan fingerprint density at radius 3 is 2.52 bits per heavy atom. The first-order valence-corrected chi connectivity index (χ1v) is 11.0. The van der Waals surface area contributed by atoms with Crippen molar-refractivity contribution in [1.29, 1.82) is 0 Å². The average Bonchev–Trinajstić information content (AvgIpc) is 3.14. The summed E-state index contributed by atoms with van der Waals surface area (Å²) in [6, 6.07) is 17.1. The van der Waals surface area contributed by atoms with Gasteiger partial charge in [0.15, 0.2) is 0 Å². The van der Waals surface area contributed by atoms with Crippen molar-refractivity contribution in [3.05, 3.63) is 65.7 Å². The topological polar surface area (TPSA) is 65.1 Å². The van der Waals surface area contributed by atoms with Gasteiger partial charge in [0.25, 0.3) is 0 Å². The third kappa shape index (κ3) is 6.23. The van der Waals surface area contributed by atoms with Gasteiger partial charge in [-0.15, -0.1) is 0 Å². The van der Waals surface area contributed by atoms with Crippen LogP contribution in [-0.2, 0) is 27.3 Å². The van der Waals surface area contributed by atoms with Gasteiger partial charge < -0.3 is 14.2 Å². The van der Waals surface area contributed by atoms with Gasteiger partial charge in [-0.1, -0.05) is 62.2 Å². The van der Waals surface area contributed by atoms with Crippen LogP contribution in [0.4, 0.5) is 4.79 Å². The molecule has 2 atom stereocenters. The van der Waals surface area contributed by atoms with Crippen LogP contribution in [0.5, 0.6) is 5.75 Å². The zero-order valence-corrected chi connectivity index (χ0v) is 18.3. The molecule has 0 radical (unpaired) electrons. The van der Waals surface area contributed by atoms with Gasteiger partial charge in [0.05, 0.1) is 12.6 Å². The lowest BCUT2D eigenvalue weighted by atomic mass is 10.0. The molecule has 1 amide bonds. The van der Waals surface area contributed by atoms with Crippen LogP contribution < -0.4 is 4.74 Å². The van der Waals surface area contributed by atoms with Crippen molar-refractivity contribution in [3.63, 3.8) is 0 Å². The van der Waals surface area contributed by atoms with Crippen LogP contribution in [0.3, 0.4) is 0 Å². The zero-order chi connectivity index (χ0) is 22.1. The van der Waals surface area contributed by atoms with Gasteiger partial charge in [0.1, 0.15) is 25.0 Å². The van der Waals surface area contributed by atoms with Gasteiger partial charge in [-0.2, -0.15) is 0 Å². The first kappa shape index (κ1) is 22.7. The number of cyclic esters (lactones) is 1. The number of benzene rings is 2. The van der Waals surface area contributed by atoms with Gasteiger partial charge in [0.2, 0.25) is 0 Å². The summed E-state index contributed by atoms with van der Waals surface area (Å²) in [4.78, 5) is 26.5. The van der Waals surface area contributed by atoms with Crippen LogP contribution in [0, 0.1) is 0 Å². The highest BCUT2D eigenvalue weighted by atomic mass is 16.6. The largest absolute Gasteiger partial charge is 0.489 e. The van der Waals surface area contributed by atoms with E-state index in [2.05, 4.69) is 6.92 Å². The second-order valence-corrected chi connectivity index (χ2v) is 7.67. The van der Waals surface area contributed by atoms with Crippen molar-refractivity contribution >= 4 is 12.1 Å². The number of hydrogen-bond donors (Lipinski definition) is 0. The number of hydrogen-bond acceptors (Lipinski definition) is 5. The highest BCUT2D eigenvalue weighted by Gasteiger charge is 2.41. The van der Waals surface area contributed by atoms with E-state index in [1.165, 1.54) is 0 Å². The van der Waals surface area contributed by atoms with Crippen molar-refractivity contribution in [2.75, 3.05) is 13.2 Å². The number of carbonyl (C=O) groups excluding carboxylic acids is 2. The molecule has 1 aliphatic heterocycles. The van der Waals surface area contributed by atoms with Gasteiger partial charge in [-0.3, -0.25) is 4.90 Å². The summed E-state index contributed by atoms with van der Waals surface area (Å²) in [6.45, 7) is 4.91. The molecule has 3 rings (SSSR count). The quantitative estimate of drug-likeness (QED) is 0.486. The lowest BCUT2D eigenvalue weighted by molar-refractivity contribution is -0.149. The van der Waals surface area contributed by atoms with E-state index in [9.17, 15) is 9.59 Å². The summed E-state index contributed by atoms with van der Waals surface area (Å²) in [7, 11) is 0. The van der Waals surface area contributed by atoms with Crippen LogP contribution in [0.15, 0.2) is 54.6 Å². The summed E-state index contributed by atoms with van der Waals surface area (Å²) >= 11 is 0. The molecule has 0 aromatic heterocycles. The Labute approximate surface area is 184 Å². The highest BCUT2D eigenvalue weighted by Crippen LogP contribution is 2.25. The predicted octanol–water partition coefficient (Wildman–Crippen LogP) is 4.75. The Hall–Kier alpha value is -3.02. The highest BCUT2D eigenvalue weighted by molar-refractivity contribution is 5.82. The standard InChI is InChI=1S/C25H31NO5/c1-3-5-11-23(24(27)29-4-2)26-21(18-31-25(26)28)16-19-12-14-22(15-13-19)30-17-20-9-7-6-8-10-20/h6-10,12-15,21,23H,3-5,11,16-18H2,1-2H3/t21-,23?/m1/s1. The zero-order valence-electron chi connectivity index (χ0n) is 18.3. The molecule has 0 saturated carbocycles. The molecule has 1 aliphatic rings. The van der Waals surface area contributed by atoms with E-state index >= 15 is 0 Å². The molecule has 6 nitrogen and oxygen atoms in total. The molecule has 0 aliphatic carbocycles. The minimum Gasteiger partial charge on any atom is -0.489 e. The van der Waals surface area contributed by atoms with Gasteiger partial charge >= 0.3 is 12.1 Å². The fourth-order valence-electron chi connectivity index (χ4n) is 3.75. The maximum Gasteiger partial charge on any atom is 0.410 e. The van der Waals surface area contributed by atoms with E-state index in [0.29, 0.717) is 26.1 Å². The lowest BCUT2D eigenvalue weighted by Gasteiger charge is -2.29. The van der Waals surface area contributed by atoms with Crippen molar-refractivity contribution in [1.82, 2.24) is 4.90 Å². The van der Waals surface area contributed by atoms with E-state index < -0.39 is 12.1 Å². The van der Waals surface area contributed by atoms with Crippen LogP contribution in [0.1, 0.15) is 44.2 Å². The van der Waals surface area contributed by atoms with Crippen LogP contribution in [0.2, 0.25) is 0 Å². The first-order valence-electron chi connectivity index (χ1n) is 11.0. The van der Waals surface area contributed by atoms with Gasteiger partial charge in [-0.05, 0) is 43.0 Å². The lowest BCUT2D eigenvalue weighted by Crippen LogP contribution is -2.48. The number of nitrogens with zero attached hydrogens (tertiary/aromatic N) is 1. The van der Waals surface area contributed by atoms with Crippen LogP contribution in [0.25, 0.3) is 0 Å². The molecule has 6 heteroatoms. The number of rotatable bonds is 11. The third-order valence-electron chi connectivity index (χ3n) is 5.37. The maximum absolute atomic E-state index is 12.5. The second-order valence-electron chi connectivity index (χ2n) is 7.67. The number of unbranched alkanes of at least 4 members (excludes halogenated alkanes) is 1. The molecule has 0 bridgehead atoms. The molecule has 1 unspecified atom stereocenters. The number of amides is 1. The summed E-state index contributed by atoms with van der Waals surface area (Å²) < 4.78 is 16.4. The molecule has 1 saturated heterocycles. The smallest absolute Gasteiger partial charge is 0.410 e. The fourth-order valence-corrected chi connectivity index (χ4v) is 3.75. The Bertz CT molecular complexity index is 837. The summed E-state index contributed by atoms with van der Waals surface area (Å²) in [5.41, 5.74) is 2.17. The molecule has 31 heavy (non-hydrogen) atoms. The minimum absolute atomic E-state index is 0.199. The Balaban J connectivity index is 1.64. The number of esters is 1. The molecule has 1 heterocycles. The number of ether oxygens (including phenoxy) is 3. The molecule has 2 aromatic carbocycles. The molecular formula is C25H31NO5. The normalized spacial score (nSPS) is 16.6. The maximum atomic E-state index is 12.5. The predicted molar refractivity (Wildman–Crippen MR) is 118 cm³/mol. The van der Waals surface area contributed by atoms with Gasteiger partial charge in [-0.25, -0.2) is 9.59 Å². The van der Waals surface area contributed by atoms with Crippen molar-refractivity contribution < 1.29 is 23.8 Å². The van der Waals surface area contributed by atoms with Crippen molar-refractivity contribution in [3.8, 4) is 5.75 Å². The molecule has 0 N–H and O–H groups in total. The molecule has 0 spiro atoms. The molecule has 2 aromatic rings. The Morgan fingerprint density at radius 2 is 1.84 bits per heavy atom. The monoisotopic (exact) mass is 425 g/mol. The van der Waals surface area contributed by atoms with E-state index in [-0.39, 0.29) is 18.6 Å². The Kier molecular flexibility index (Phi) is 8.33. The minimum atomic E-state index is -0.603. The summed E-state index contributed by atoms with van der Waals surface area (Å²) in [5.74, 6) is 0.431. The third-order valence-corrected chi connectivity index (χ3v) is 5.37. The van der Waals surface area contributed by atoms with Crippen LogP contribution >= 0.6 is 0 Å². The van der Waals surface area contributed by atoms with E-state index in [4.69, 9.17) is 14.2 Å². The fraction of sp³-hybridized carbons (Fsp3) is 0.440. The Morgan fingerprint density at radius 1 is 1.10 bits per heavy atom. The van der Waals surface area contributed by atoms with E-state index in [1.54, 1.807) is 11.8 Å². The molecule has 166 valence electrons. The molecule has 1 fully saturated rings. The first-order chi connectivity index (χ1) is 15.1. The van der Waals surface area contributed by atoms with Gasteiger partial charge in [0, 0.05) is 0 Å². The van der Waals surface area contributed by atoms with E-state index in [1.807, 2.05) is 54.6 Å². The van der Waals surface area contributed by atoms with Crippen molar-refractivity contribution in [2.45, 2.75) is 58.2 Å². The second kappa shape index (κ2) is 11.4. The number of carbonyl (C=O) groups is 2. The summed E-state index contributed by atoms with van der Waals surface area (Å²) in [6.07, 6.45) is 2.52.